The summed E-state index contributed by atoms with van der Waals surface area (Å²) >= 11 is 0. The maximum absolute atomic E-state index is 9.68. The first kappa shape index (κ1) is 43.6. The molecule has 3 nitrogen and oxygen atoms in total. The van der Waals surface area contributed by atoms with Crippen LogP contribution in [0.4, 0.5) is 0 Å². The van der Waals surface area contributed by atoms with Gasteiger partial charge in [0.05, 0.1) is 57.6 Å². The van der Waals surface area contributed by atoms with Crippen molar-refractivity contribution in [2.75, 3.05) is 0 Å². The second-order valence-corrected chi connectivity index (χ2v) is 30.6. The van der Waals surface area contributed by atoms with Crippen LogP contribution in [-0.2, 0) is 0 Å². The molecule has 3 aromatic heterocycles. The van der Waals surface area contributed by atoms with E-state index < -0.39 is 293 Å². The number of furan rings is 3. The summed E-state index contributed by atoms with van der Waals surface area (Å²) in [5, 5.41) is 3.49. The van der Waals surface area contributed by atoms with Gasteiger partial charge in [-0.05, 0) is 258 Å². The van der Waals surface area contributed by atoms with Gasteiger partial charge in [0.1, 0.15) is 33.5 Å². The topological polar surface area (TPSA) is 39.4 Å². The molecule has 0 aliphatic rings. The summed E-state index contributed by atoms with van der Waals surface area (Å²) in [7, 11) is 0. The fourth-order valence-electron chi connectivity index (χ4n) is 18.0. The minimum Gasteiger partial charge on any atom is -0.456 e. The summed E-state index contributed by atoms with van der Waals surface area (Å²) in [5.41, 5.74) is 4.41. The monoisotopic (exact) mass is 1680 g/mol. The molecule has 0 fully saturated rings. The quantitative estimate of drug-likeness (QED) is 0.135. The zero-order valence-corrected chi connectivity index (χ0v) is 67.0. The zero-order valence-electron chi connectivity index (χ0n) is 109. The van der Waals surface area contributed by atoms with E-state index >= 15 is 0 Å². The van der Waals surface area contributed by atoms with Gasteiger partial charge in [0.15, 0.2) is 0 Å². The van der Waals surface area contributed by atoms with E-state index in [4.69, 9.17) is 47.5 Å². The van der Waals surface area contributed by atoms with Gasteiger partial charge >= 0.3 is 0 Å². The molecule has 0 saturated carbocycles. The van der Waals surface area contributed by atoms with Crippen molar-refractivity contribution in [1.82, 2.24) is 0 Å². The minimum atomic E-state index is -1.07. The highest BCUT2D eigenvalue weighted by Crippen LogP contribution is 2.52. The molecule has 0 amide bonds. The number of hydrogen-bond acceptors (Lipinski definition) is 3. The number of para-hydroxylation sites is 3. The molecule has 0 radical (unpaired) electrons. The van der Waals surface area contributed by atoms with Crippen molar-refractivity contribution in [2.45, 2.75) is 0 Å². The van der Waals surface area contributed by atoms with Crippen molar-refractivity contribution in [2.24, 2.45) is 0 Å². The largest absolute Gasteiger partial charge is 0.456 e. The highest BCUT2D eigenvalue weighted by atomic mass is 16.3. The van der Waals surface area contributed by atoms with Crippen LogP contribution < -0.4 is 0 Å². The zero-order chi connectivity index (χ0) is 122. The maximum Gasteiger partial charge on any atom is 0.136 e. The first-order valence-electron chi connectivity index (χ1n) is 61.9. The normalized spacial score (nSPS) is 16.3. The van der Waals surface area contributed by atoms with Gasteiger partial charge in [-0.15, -0.1) is 0 Å². The minimum absolute atomic E-state index is 0.169. The molecule has 27 rings (SSSR count). The van der Waals surface area contributed by atoms with Gasteiger partial charge in [-0.3, -0.25) is 0 Å². The fraction of sp³-hybridized carbons (Fsp3) is 0. The Morgan fingerprint density at radius 3 is 1.18 bits per heavy atom. The Hall–Kier alpha value is -17.0. The second kappa shape index (κ2) is 31.1. The number of fused-ring (bicyclic) bond motifs is 18. The predicted octanol–water partition coefficient (Wildman–Crippen LogP) is 36.1. The Labute approximate surface area is 803 Å². The van der Waals surface area contributed by atoms with Crippen LogP contribution in [0.25, 0.3) is 263 Å². The second-order valence-electron chi connectivity index (χ2n) is 30.6. The van der Waals surface area contributed by atoms with Crippen LogP contribution in [0.5, 0.6) is 0 Å². The van der Waals surface area contributed by atoms with E-state index in [0.29, 0.717) is 61.1 Å². The lowest BCUT2D eigenvalue weighted by atomic mass is 9.83. The van der Waals surface area contributed by atoms with Crippen LogP contribution in [0.3, 0.4) is 0 Å². The van der Waals surface area contributed by atoms with Crippen molar-refractivity contribution >= 4 is 163 Å². The molecule has 24 aromatic carbocycles. The third kappa shape index (κ3) is 12.6. The van der Waals surface area contributed by atoms with E-state index in [1.807, 2.05) is 200 Å². The maximum atomic E-state index is 9.68. The van der Waals surface area contributed by atoms with Gasteiger partial charge in [-0.25, -0.2) is 0 Å². The Bertz CT molecular complexity index is 11700. The Kier molecular flexibility index (Phi) is 10.5. The van der Waals surface area contributed by atoms with E-state index in [1.165, 1.54) is 0 Å². The highest BCUT2D eigenvalue weighted by Gasteiger charge is 2.25. The molecule has 0 aliphatic carbocycles. The average Bonchev–Trinajstić information content (AvgIpc) is 1.66. The van der Waals surface area contributed by atoms with Gasteiger partial charge in [0, 0.05) is 32.3 Å². The van der Waals surface area contributed by atoms with E-state index in [1.54, 1.807) is 6.07 Å². The van der Waals surface area contributed by atoms with Gasteiger partial charge in [-0.1, -0.05) is 412 Å². The van der Waals surface area contributed by atoms with Gasteiger partial charge < -0.3 is 13.3 Å². The average molecular weight is 1680 g/mol. The number of hydrogen-bond donors (Lipinski definition) is 0. The summed E-state index contributed by atoms with van der Waals surface area (Å²) in [4.78, 5) is 0. The van der Waals surface area contributed by atoms with E-state index in [2.05, 4.69) is 12.1 Å². The standard InChI is InChI=1S/3C42H26O/c1-2-12-28-25-30(24-23-27(28)11-1)29-13-9-14-31(26-29)40-32-15-3-5-17-34(32)41(35-18-6-4-16-33(35)40)37-20-10-22-39-42(37)36-19-7-8-21-38(36)43-39;1-2-12-31-28(10-1)11-9-18-33(31)42-36-16-5-3-14-34(36)41(35-15-4-6-17-37(35)42)29-22-20-27(21-23-29)30-24-25-40-38(26-30)32-13-7-8-19-39(32)43-40;1-2-12-27(13-3-1)29-23-24-37(31-15-5-4-14-30(29)31)42-35-19-8-6-17-33(35)41(34-18-7-9-20-36(34)42)28-22-25-40-38(26-28)32-16-10-11-21-39(32)43-40/h3*1-26H/i3D,4D,5D,6D,15D,16D,17D,18D;3D,4D,5D,6D,14D,15D,16D,17D;1D,2D,3D,4D,5D,6D,7D,8D,9D,10D,11D,12D,13D,14D,15D,16D,17D,18D,19D,20D,21D,22D,23D,24D,25D,26D. The molecule has 0 N–H and O–H groups in total. The number of benzene rings is 24. The third-order valence-corrected chi connectivity index (χ3v) is 23.6. The van der Waals surface area contributed by atoms with Crippen LogP contribution in [0.2, 0.25) is 0 Å². The summed E-state index contributed by atoms with van der Waals surface area (Å²) in [6.07, 6.45) is 0. The molecule has 0 atom stereocenters. The Morgan fingerprint density at radius 1 is 0.147 bits per heavy atom. The summed E-state index contributed by atoms with van der Waals surface area (Å²) in [6.45, 7) is 0. The lowest BCUT2D eigenvalue weighted by molar-refractivity contribution is 0.668. The van der Waals surface area contributed by atoms with Crippen LogP contribution in [0.15, 0.2) is 485 Å². The summed E-state index contributed by atoms with van der Waals surface area (Å²) in [6, 6.07) is 39.6. The van der Waals surface area contributed by atoms with E-state index in [0.717, 1.165) is 71.1 Å². The molecule has 0 bridgehead atoms. The molecule has 0 unspecified atom stereocenters. The van der Waals surface area contributed by atoms with Crippen LogP contribution in [0, 0.1) is 0 Å². The molecule has 0 spiro atoms. The smallest absolute Gasteiger partial charge is 0.136 e. The van der Waals surface area contributed by atoms with Crippen molar-refractivity contribution < 1.29 is 70.8 Å². The van der Waals surface area contributed by atoms with Crippen LogP contribution >= 0.6 is 0 Å². The molecule has 0 saturated heterocycles. The summed E-state index contributed by atoms with van der Waals surface area (Å²) in [5.74, 6) is 0. The predicted molar refractivity (Wildman–Crippen MR) is 548 cm³/mol. The van der Waals surface area contributed by atoms with Crippen LogP contribution in [0.1, 0.15) is 57.6 Å². The van der Waals surface area contributed by atoms with Gasteiger partial charge in [-0.2, -0.15) is 0 Å². The van der Waals surface area contributed by atoms with Gasteiger partial charge in [0.2, 0.25) is 0 Å². The number of rotatable bonds is 9. The Morgan fingerprint density at radius 2 is 0.535 bits per heavy atom. The molecular weight excluding hydrogens is 1560 g/mol. The molecule has 3 heteroatoms. The first-order chi connectivity index (χ1) is 81.5. The molecular formula is C126H78O3. The fourth-order valence-corrected chi connectivity index (χ4v) is 18.0. The summed E-state index contributed by atoms with van der Waals surface area (Å²) < 4.78 is 395. The van der Waals surface area contributed by atoms with Crippen molar-refractivity contribution in [1.29, 1.82) is 0 Å². The first-order valence-corrected chi connectivity index (χ1v) is 40.9. The lowest BCUT2D eigenvalue weighted by Crippen LogP contribution is -1.92. The highest BCUT2D eigenvalue weighted by molar-refractivity contribution is 6.29. The lowest BCUT2D eigenvalue weighted by Gasteiger charge is -2.19. The van der Waals surface area contributed by atoms with Crippen LogP contribution in [-0.4, -0.2) is 0 Å². The van der Waals surface area contributed by atoms with Crippen molar-refractivity contribution in [3.05, 3.63) is 472 Å². The Balaban J connectivity index is 0.000000130. The molecule has 3 heterocycles. The SMILES string of the molecule is [2H]c1c([2H])c([2H])c(-c2c([2H])c([2H])c(-c3c4c([2H])c([2H])c([2H])c([2H])c4c(-c4c([2H])c([2H])c5oc6c([2H])c([2H])c([2H])c([2H])c6c5c4[2H])c4c([2H])c([2H])c([2H])c([2H])c34)c3c([2H])c([2H])c([2H])c([2H])c23)c([2H])c1[2H].[2H]c1c([2H])c([2H])c2c(-c3cccc4ccccc34)c3c([2H])c([2H])c([2H])c([2H])c3c(-c3ccc(-c4ccc5oc6ccccc6c5c4)cc3)c2c1[2H].[2H]c1c([2H])c([2H])c2c(-c3cccc4oc5ccccc5c34)c3c([2H])c([2H])c([2H])c([2H])c3c(-c3cccc(-c4ccc5ccccc5c4)c3)c2c1[2H]. The van der Waals surface area contributed by atoms with Crippen molar-refractivity contribution in [3.8, 4) is 100 Å². The molecule has 129 heavy (non-hydrogen) atoms. The van der Waals surface area contributed by atoms with E-state index in [9.17, 15) is 23.3 Å². The van der Waals surface area contributed by atoms with Crippen molar-refractivity contribution in [3.63, 3.8) is 0 Å². The molecule has 27 aromatic rings. The third-order valence-electron chi connectivity index (χ3n) is 23.6. The van der Waals surface area contributed by atoms with Gasteiger partial charge in [0.25, 0.3) is 0 Å². The molecule has 0 aliphatic heterocycles. The molecule has 600 valence electrons. The van der Waals surface area contributed by atoms with E-state index in [-0.39, 0.29) is 91.4 Å².